The van der Waals surface area contributed by atoms with E-state index in [9.17, 15) is 0 Å². The van der Waals surface area contributed by atoms with Gasteiger partial charge in [-0.2, -0.15) is 0 Å². The molecule has 0 aromatic carbocycles. The molecule has 18 heavy (non-hydrogen) atoms. The van der Waals surface area contributed by atoms with E-state index in [4.69, 9.17) is 22.7 Å². The quantitative estimate of drug-likeness (QED) is 0.551. The largest absolute Gasteiger partial charge is 0.388 e. The first-order valence-corrected chi connectivity index (χ1v) is 6.44. The van der Waals surface area contributed by atoms with Crippen molar-refractivity contribution in [1.29, 1.82) is 0 Å². The second-order valence-corrected chi connectivity index (χ2v) is 4.78. The molecule has 0 saturated heterocycles. The lowest BCUT2D eigenvalue weighted by Crippen LogP contribution is -2.18. The molecule has 0 bridgehead atoms. The minimum Gasteiger partial charge on any atom is -0.388 e. The molecule has 0 saturated carbocycles. The van der Waals surface area contributed by atoms with E-state index in [1.54, 1.807) is 12.4 Å². The molecule has 1 aromatic rings. The predicted octanol–water partition coefficient (Wildman–Crippen LogP) is 1.59. The van der Waals surface area contributed by atoms with Crippen LogP contribution in [-0.2, 0) is 4.74 Å². The fraction of sp³-hybridized carbons (Fsp3) is 0.583. The van der Waals surface area contributed by atoms with Crippen LogP contribution >= 0.6 is 12.2 Å². The minimum absolute atomic E-state index is 0.242. The Morgan fingerprint density at radius 3 is 2.78 bits per heavy atom. The molecule has 3 N–H and O–H groups in total. The summed E-state index contributed by atoms with van der Waals surface area (Å²) in [4.78, 5) is 8.48. The van der Waals surface area contributed by atoms with Crippen molar-refractivity contribution in [1.82, 2.24) is 9.97 Å². The minimum atomic E-state index is 0.242. The van der Waals surface area contributed by atoms with Gasteiger partial charge in [-0.25, -0.2) is 9.97 Å². The second kappa shape index (κ2) is 7.94. The maximum Gasteiger partial charge on any atom is 0.155 e. The molecule has 0 spiro atoms. The normalized spacial score (nSPS) is 10.6. The van der Waals surface area contributed by atoms with Gasteiger partial charge in [0.1, 0.15) is 10.7 Å². The molecule has 0 amide bonds. The Bertz CT molecular complexity index is 384. The monoisotopic (exact) mass is 268 g/mol. The second-order valence-electron chi connectivity index (χ2n) is 4.34. The maximum atomic E-state index is 5.56. The molecule has 1 rings (SSSR count). The number of nitrogens with one attached hydrogen (secondary N) is 1. The van der Waals surface area contributed by atoms with Gasteiger partial charge in [-0.3, -0.25) is 0 Å². The molecule has 0 aliphatic rings. The molecular formula is C12H20N4OS. The van der Waals surface area contributed by atoms with Crippen LogP contribution < -0.4 is 11.1 Å². The zero-order valence-electron chi connectivity index (χ0n) is 10.8. The molecule has 0 atom stereocenters. The smallest absolute Gasteiger partial charge is 0.155 e. The molecule has 1 aromatic heterocycles. The third-order valence-electron chi connectivity index (χ3n) is 2.31. The highest BCUT2D eigenvalue weighted by Crippen LogP contribution is 2.07. The summed E-state index contributed by atoms with van der Waals surface area (Å²) in [7, 11) is 0. The van der Waals surface area contributed by atoms with Gasteiger partial charge in [0.05, 0.1) is 6.61 Å². The summed E-state index contributed by atoms with van der Waals surface area (Å²) in [6.07, 6.45) is 4.24. The molecule has 0 radical (unpaired) electrons. The van der Waals surface area contributed by atoms with Gasteiger partial charge in [-0.05, 0) is 12.3 Å². The van der Waals surface area contributed by atoms with Crippen LogP contribution in [0, 0.1) is 5.92 Å². The van der Waals surface area contributed by atoms with Gasteiger partial charge in [-0.15, -0.1) is 0 Å². The highest BCUT2D eigenvalue weighted by molar-refractivity contribution is 7.80. The number of hydrogen-bond donors (Lipinski definition) is 2. The van der Waals surface area contributed by atoms with Crippen molar-refractivity contribution in [3.05, 3.63) is 18.1 Å². The summed E-state index contributed by atoms with van der Waals surface area (Å²) >= 11 is 4.90. The SMILES string of the molecule is CC(C)CCOCCNc1nccnc1C(N)=S. The summed E-state index contributed by atoms with van der Waals surface area (Å²) in [5.74, 6) is 1.27. The van der Waals surface area contributed by atoms with Gasteiger partial charge in [0.25, 0.3) is 0 Å². The number of nitrogens with two attached hydrogens (primary N) is 1. The van der Waals surface area contributed by atoms with Crippen LogP contribution in [0.2, 0.25) is 0 Å². The Labute approximate surface area is 113 Å². The lowest BCUT2D eigenvalue weighted by molar-refractivity contribution is 0.132. The molecule has 5 nitrogen and oxygen atoms in total. The van der Waals surface area contributed by atoms with E-state index in [-0.39, 0.29) is 4.99 Å². The van der Waals surface area contributed by atoms with Gasteiger partial charge in [-0.1, -0.05) is 26.1 Å². The number of ether oxygens (including phenoxy) is 1. The van der Waals surface area contributed by atoms with E-state index in [2.05, 4.69) is 29.1 Å². The number of nitrogens with zero attached hydrogens (tertiary/aromatic N) is 2. The Balaban J connectivity index is 2.29. The molecule has 0 aliphatic carbocycles. The number of hydrogen-bond acceptors (Lipinski definition) is 5. The van der Waals surface area contributed by atoms with E-state index < -0.39 is 0 Å². The molecule has 0 fully saturated rings. The van der Waals surface area contributed by atoms with Crippen LogP contribution in [0.15, 0.2) is 12.4 Å². The van der Waals surface area contributed by atoms with Crippen molar-refractivity contribution in [2.75, 3.05) is 25.1 Å². The van der Waals surface area contributed by atoms with Crippen molar-refractivity contribution in [2.45, 2.75) is 20.3 Å². The van der Waals surface area contributed by atoms with Gasteiger partial charge >= 0.3 is 0 Å². The number of aromatic nitrogens is 2. The zero-order valence-corrected chi connectivity index (χ0v) is 11.7. The summed E-state index contributed by atoms with van der Waals surface area (Å²) < 4.78 is 5.49. The van der Waals surface area contributed by atoms with Gasteiger partial charge in [0.15, 0.2) is 5.82 Å². The Hall–Kier alpha value is -1.27. The fourth-order valence-electron chi connectivity index (χ4n) is 1.31. The summed E-state index contributed by atoms with van der Waals surface area (Å²) in [5, 5.41) is 3.12. The van der Waals surface area contributed by atoms with Crippen molar-refractivity contribution < 1.29 is 4.74 Å². The number of thiocarbonyl (C=S) groups is 1. The third kappa shape index (κ3) is 5.37. The van der Waals surface area contributed by atoms with Crippen molar-refractivity contribution >= 4 is 23.0 Å². The van der Waals surface area contributed by atoms with E-state index >= 15 is 0 Å². The summed E-state index contributed by atoms with van der Waals surface area (Å²) in [5.41, 5.74) is 6.08. The predicted molar refractivity (Wildman–Crippen MR) is 76.7 cm³/mol. The highest BCUT2D eigenvalue weighted by atomic mass is 32.1. The van der Waals surface area contributed by atoms with E-state index in [1.165, 1.54) is 0 Å². The van der Waals surface area contributed by atoms with Crippen molar-refractivity contribution in [2.24, 2.45) is 11.7 Å². The van der Waals surface area contributed by atoms with Gasteiger partial charge in [0.2, 0.25) is 0 Å². The van der Waals surface area contributed by atoms with Crippen LogP contribution in [0.1, 0.15) is 26.0 Å². The van der Waals surface area contributed by atoms with Crippen LogP contribution in [0.4, 0.5) is 5.82 Å². The topological polar surface area (TPSA) is 73.1 Å². The van der Waals surface area contributed by atoms with E-state index in [0.717, 1.165) is 13.0 Å². The molecule has 0 unspecified atom stereocenters. The van der Waals surface area contributed by atoms with Crippen LogP contribution in [0.3, 0.4) is 0 Å². The lowest BCUT2D eigenvalue weighted by Gasteiger charge is -2.10. The summed E-state index contributed by atoms with van der Waals surface area (Å²) in [6.45, 7) is 6.42. The maximum absolute atomic E-state index is 5.56. The molecule has 6 heteroatoms. The summed E-state index contributed by atoms with van der Waals surface area (Å²) in [6, 6.07) is 0. The molecule has 1 heterocycles. The highest BCUT2D eigenvalue weighted by Gasteiger charge is 2.06. The van der Waals surface area contributed by atoms with Crippen LogP contribution in [-0.4, -0.2) is 34.7 Å². The average molecular weight is 268 g/mol. The van der Waals surface area contributed by atoms with Crippen LogP contribution in [0.25, 0.3) is 0 Å². The van der Waals surface area contributed by atoms with Crippen molar-refractivity contribution in [3.8, 4) is 0 Å². The molecular weight excluding hydrogens is 248 g/mol. The van der Waals surface area contributed by atoms with E-state index in [0.29, 0.717) is 30.6 Å². The number of anilines is 1. The Kier molecular flexibility index (Phi) is 6.53. The van der Waals surface area contributed by atoms with E-state index in [1.807, 2.05) is 0 Å². The fourth-order valence-corrected chi connectivity index (χ4v) is 1.46. The molecule has 0 aliphatic heterocycles. The average Bonchev–Trinajstić information content (AvgIpc) is 2.33. The zero-order chi connectivity index (χ0) is 13.4. The Morgan fingerprint density at radius 2 is 2.11 bits per heavy atom. The standard InChI is InChI=1S/C12H20N4OS/c1-9(2)3-7-17-8-6-16-12-10(11(13)18)14-4-5-15-12/h4-5,9H,3,6-8H2,1-2H3,(H2,13,18)(H,15,16). The first-order chi connectivity index (χ1) is 8.61. The lowest BCUT2D eigenvalue weighted by atomic mass is 10.1. The van der Waals surface area contributed by atoms with Crippen molar-refractivity contribution in [3.63, 3.8) is 0 Å². The molecule has 100 valence electrons. The van der Waals surface area contributed by atoms with Gasteiger partial charge in [0, 0.05) is 25.5 Å². The first-order valence-electron chi connectivity index (χ1n) is 6.03. The third-order valence-corrected chi connectivity index (χ3v) is 2.50. The van der Waals surface area contributed by atoms with Crippen LogP contribution in [0.5, 0.6) is 0 Å². The first kappa shape index (κ1) is 14.8. The Morgan fingerprint density at radius 1 is 1.39 bits per heavy atom. The number of rotatable bonds is 8. The van der Waals surface area contributed by atoms with Gasteiger partial charge < -0.3 is 15.8 Å².